The van der Waals surface area contributed by atoms with E-state index >= 15 is 0 Å². The number of anilines is 1. The zero-order chi connectivity index (χ0) is 18.8. The van der Waals surface area contributed by atoms with Gasteiger partial charge in [-0.15, -0.1) is 0 Å². The molecule has 140 valence electrons. The van der Waals surface area contributed by atoms with Gasteiger partial charge in [-0.05, 0) is 43.2 Å². The van der Waals surface area contributed by atoms with Crippen LogP contribution in [0.15, 0.2) is 54.6 Å². The largest absolute Gasteiger partial charge is 0.491 e. The van der Waals surface area contributed by atoms with E-state index < -0.39 is 5.54 Å². The van der Waals surface area contributed by atoms with Crippen molar-refractivity contribution in [3.63, 3.8) is 0 Å². The molecule has 0 heterocycles. The second-order valence-corrected chi connectivity index (χ2v) is 6.54. The molecule has 1 atom stereocenters. The highest BCUT2D eigenvalue weighted by atomic mass is 16.5. The number of carbonyl (C=O) groups is 1. The van der Waals surface area contributed by atoms with Gasteiger partial charge < -0.3 is 20.5 Å². The average Bonchev–Trinajstić information content (AvgIpc) is 2.62. The van der Waals surface area contributed by atoms with Gasteiger partial charge in [0.05, 0.1) is 18.8 Å². The third kappa shape index (κ3) is 6.50. The van der Waals surface area contributed by atoms with E-state index in [1.54, 1.807) is 6.92 Å². The summed E-state index contributed by atoms with van der Waals surface area (Å²) in [5.74, 6) is 0.659. The van der Waals surface area contributed by atoms with Crippen LogP contribution in [0.5, 0.6) is 5.75 Å². The first-order valence-electron chi connectivity index (χ1n) is 8.96. The van der Waals surface area contributed by atoms with Gasteiger partial charge in [-0.25, -0.2) is 0 Å². The second-order valence-electron chi connectivity index (χ2n) is 6.54. The third-order valence-electron chi connectivity index (χ3n) is 3.98. The molecule has 2 rings (SSSR count). The lowest BCUT2D eigenvalue weighted by Crippen LogP contribution is -2.48. The summed E-state index contributed by atoms with van der Waals surface area (Å²) in [6.07, 6.45) is 1.50. The molecule has 1 unspecified atom stereocenters. The van der Waals surface area contributed by atoms with Crippen LogP contribution >= 0.6 is 0 Å². The van der Waals surface area contributed by atoms with Crippen LogP contribution in [0, 0.1) is 0 Å². The standard InChI is InChI=1S/C21H28N2O3/c1-3-12-21(2,22)20(24)23-18-9-7-8-17(15-18)16-25-13-14-26-19-10-5-4-6-11-19/h4-11,15H,3,12-14,16,22H2,1-2H3,(H,23,24). The van der Waals surface area contributed by atoms with Crippen LogP contribution in [0.4, 0.5) is 5.69 Å². The number of hydrogen-bond acceptors (Lipinski definition) is 4. The Labute approximate surface area is 155 Å². The van der Waals surface area contributed by atoms with Crippen LogP contribution in [0.1, 0.15) is 32.3 Å². The van der Waals surface area contributed by atoms with Crippen molar-refractivity contribution in [2.75, 3.05) is 18.5 Å². The lowest BCUT2D eigenvalue weighted by atomic mass is 9.96. The highest BCUT2D eigenvalue weighted by Crippen LogP contribution is 2.16. The third-order valence-corrected chi connectivity index (χ3v) is 3.98. The van der Waals surface area contributed by atoms with Crippen molar-refractivity contribution in [2.45, 2.75) is 38.8 Å². The van der Waals surface area contributed by atoms with Crippen molar-refractivity contribution in [1.29, 1.82) is 0 Å². The molecule has 0 aliphatic heterocycles. The first-order valence-corrected chi connectivity index (χ1v) is 8.96. The fourth-order valence-corrected chi connectivity index (χ4v) is 2.57. The summed E-state index contributed by atoms with van der Waals surface area (Å²) < 4.78 is 11.2. The first kappa shape index (κ1) is 19.9. The van der Waals surface area contributed by atoms with Crippen molar-refractivity contribution < 1.29 is 14.3 Å². The zero-order valence-electron chi connectivity index (χ0n) is 15.5. The number of amides is 1. The van der Waals surface area contributed by atoms with Crippen molar-refractivity contribution in [3.8, 4) is 5.75 Å². The minimum absolute atomic E-state index is 0.173. The minimum atomic E-state index is -0.865. The van der Waals surface area contributed by atoms with Crippen molar-refractivity contribution in [3.05, 3.63) is 60.2 Å². The molecule has 1 amide bonds. The number of nitrogens with two attached hydrogens (primary N) is 1. The topological polar surface area (TPSA) is 73.6 Å². The Morgan fingerprint density at radius 3 is 2.62 bits per heavy atom. The molecule has 0 aliphatic rings. The van der Waals surface area contributed by atoms with Gasteiger partial charge >= 0.3 is 0 Å². The quantitative estimate of drug-likeness (QED) is 0.636. The van der Waals surface area contributed by atoms with Crippen LogP contribution in [-0.2, 0) is 16.1 Å². The van der Waals surface area contributed by atoms with Gasteiger partial charge in [0.25, 0.3) is 0 Å². The summed E-state index contributed by atoms with van der Waals surface area (Å²) in [5, 5.41) is 2.89. The molecule has 3 N–H and O–H groups in total. The number of hydrogen-bond donors (Lipinski definition) is 2. The van der Waals surface area contributed by atoms with Gasteiger partial charge in [-0.1, -0.05) is 43.7 Å². The van der Waals surface area contributed by atoms with Crippen LogP contribution in [0.3, 0.4) is 0 Å². The van der Waals surface area contributed by atoms with Crippen molar-refractivity contribution in [1.82, 2.24) is 0 Å². The normalized spacial score (nSPS) is 13.0. The summed E-state index contributed by atoms with van der Waals surface area (Å²) >= 11 is 0. The van der Waals surface area contributed by atoms with E-state index in [1.807, 2.05) is 61.5 Å². The van der Waals surface area contributed by atoms with Crippen molar-refractivity contribution in [2.24, 2.45) is 5.73 Å². The van der Waals surface area contributed by atoms with E-state index in [0.717, 1.165) is 23.4 Å². The van der Waals surface area contributed by atoms with E-state index in [1.165, 1.54) is 0 Å². The number of rotatable bonds is 10. The summed E-state index contributed by atoms with van der Waals surface area (Å²) in [4.78, 5) is 12.3. The number of benzene rings is 2. The molecule has 2 aromatic rings. The fourth-order valence-electron chi connectivity index (χ4n) is 2.57. The van der Waals surface area contributed by atoms with Crippen LogP contribution in [0.25, 0.3) is 0 Å². The molecule has 0 saturated heterocycles. The summed E-state index contributed by atoms with van der Waals surface area (Å²) in [5.41, 5.74) is 6.91. The van der Waals surface area contributed by atoms with Gasteiger partial charge in [-0.3, -0.25) is 4.79 Å². The molecular formula is C21H28N2O3. The van der Waals surface area contributed by atoms with E-state index in [4.69, 9.17) is 15.2 Å². The molecule has 0 bridgehead atoms. The molecule has 0 saturated carbocycles. The molecule has 2 aromatic carbocycles. The summed E-state index contributed by atoms with van der Waals surface area (Å²) in [6.45, 7) is 5.20. The Morgan fingerprint density at radius 1 is 1.12 bits per heavy atom. The van der Waals surface area contributed by atoms with Gasteiger partial charge in [0.1, 0.15) is 12.4 Å². The molecule has 5 nitrogen and oxygen atoms in total. The fraction of sp³-hybridized carbons (Fsp3) is 0.381. The lowest BCUT2D eigenvalue weighted by molar-refractivity contribution is -0.120. The molecule has 5 heteroatoms. The van der Waals surface area contributed by atoms with Crippen molar-refractivity contribution >= 4 is 11.6 Å². The van der Waals surface area contributed by atoms with Crippen LogP contribution in [0.2, 0.25) is 0 Å². The average molecular weight is 356 g/mol. The number of para-hydroxylation sites is 1. The molecule has 26 heavy (non-hydrogen) atoms. The van der Waals surface area contributed by atoms with E-state index in [2.05, 4.69) is 5.32 Å². The SMILES string of the molecule is CCCC(C)(N)C(=O)Nc1cccc(COCCOc2ccccc2)c1. The summed E-state index contributed by atoms with van der Waals surface area (Å²) in [7, 11) is 0. The molecule has 0 aromatic heterocycles. The Hall–Kier alpha value is -2.37. The molecular weight excluding hydrogens is 328 g/mol. The van der Waals surface area contributed by atoms with Gasteiger partial charge in [0, 0.05) is 5.69 Å². The molecule has 0 spiro atoms. The maximum atomic E-state index is 12.3. The van der Waals surface area contributed by atoms with E-state index in [0.29, 0.717) is 26.2 Å². The number of ether oxygens (including phenoxy) is 2. The number of nitrogens with one attached hydrogen (secondary N) is 1. The summed E-state index contributed by atoms with van der Waals surface area (Å²) in [6, 6.07) is 17.2. The minimum Gasteiger partial charge on any atom is -0.491 e. The predicted molar refractivity (Wildman–Crippen MR) is 104 cm³/mol. The maximum absolute atomic E-state index is 12.3. The Kier molecular flexibility index (Phi) is 7.63. The highest BCUT2D eigenvalue weighted by molar-refractivity contribution is 5.97. The molecule has 0 aliphatic carbocycles. The van der Waals surface area contributed by atoms with Crippen LogP contribution in [-0.4, -0.2) is 24.7 Å². The Bertz CT molecular complexity index is 687. The molecule has 0 fully saturated rings. The smallest absolute Gasteiger partial charge is 0.244 e. The Balaban J connectivity index is 1.77. The maximum Gasteiger partial charge on any atom is 0.244 e. The van der Waals surface area contributed by atoms with Gasteiger partial charge in [-0.2, -0.15) is 0 Å². The van der Waals surface area contributed by atoms with E-state index in [-0.39, 0.29) is 5.91 Å². The first-order chi connectivity index (χ1) is 12.5. The van der Waals surface area contributed by atoms with Crippen LogP contribution < -0.4 is 15.8 Å². The second kappa shape index (κ2) is 9.94. The monoisotopic (exact) mass is 356 g/mol. The van der Waals surface area contributed by atoms with E-state index in [9.17, 15) is 4.79 Å². The highest BCUT2D eigenvalue weighted by Gasteiger charge is 2.27. The van der Waals surface area contributed by atoms with Gasteiger partial charge in [0.15, 0.2) is 0 Å². The Morgan fingerprint density at radius 2 is 1.88 bits per heavy atom. The number of carbonyl (C=O) groups excluding carboxylic acids is 1. The zero-order valence-corrected chi connectivity index (χ0v) is 15.5. The van der Waals surface area contributed by atoms with Gasteiger partial charge in [0.2, 0.25) is 5.91 Å². The molecule has 0 radical (unpaired) electrons. The predicted octanol–water partition coefficient (Wildman–Crippen LogP) is 3.74. The lowest BCUT2D eigenvalue weighted by Gasteiger charge is -2.23.